The molecule has 1 aromatic rings. The van der Waals surface area contributed by atoms with Crippen molar-refractivity contribution < 1.29 is 9.90 Å². The molecule has 0 saturated heterocycles. The van der Waals surface area contributed by atoms with Gasteiger partial charge in [-0.3, -0.25) is 4.79 Å². The van der Waals surface area contributed by atoms with Gasteiger partial charge in [-0.25, -0.2) is 4.98 Å². The summed E-state index contributed by atoms with van der Waals surface area (Å²) in [5, 5.41) is 9.98. The van der Waals surface area contributed by atoms with Crippen LogP contribution in [0.15, 0.2) is 29.3 Å². The number of rotatable bonds is 5. The average Bonchev–Trinajstić information content (AvgIpc) is 2.95. The maximum absolute atomic E-state index is 11.4. The summed E-state index contributed by atoms with van der Waals surface area (Å²) in [5.41, 5.74) is 3.61. The fraction of sp³-hybridized carbons (Fsp3) is 0.429. The van der Waals surface area contributed by atoms with Gasteiger partial charge in [0.2, 0.25) is 0 Å². The lowest BCUT2D eigenvalue weighted by Gasteiger charge is -2.07. The third-order valence-electron chi connectivity index (χ3n) is 3.04. The van der Waals surface area contributed by atoms with Crippen LogP contribution >= 0.6 is 11.3 Å². The van der Waals surface area contributed by atoms with Crippen molar-refractivity contribution in [1.29, 1.82) is 0 Å². The maximum atomic E-state index is 11.4. The Morgan fingerprint density at radius 2 is 2.44 bits per heavy atom. The fourth-order valence-electron chi connectivity index (χ4n) is 2.02. The van der Waals surface area contributed by atoms with Crippen molar-refractivity contribution >= 4 is 17.1 Å². The van der Waals surface area contributed by atoms with Crippen molar-refractivity contribution in [1.82, 2.24) is 4.98 Å². The molecule has 0 spiro atoms. The standard InChI is InChI=1S/C14H17NO2S/c1-2-14-12(15-9-18-14)8-11(16)7-6-10-4-3-5-13(10)17/h3,5-6,9,11,16H,2,4,7-8H2,1H3/b10-6+/t11-/m1/s1. The highest BCUT2D eigenvalue weighted by atomic mass is 32.1. The Morgan fingerprint density at radius 1 is 1.61 bits per heavy atom. The van der Waals surface area contributed by atoms with Gasteiger partial charge in [0.25, 0.3) is 0 Å². The predicted octanol–water partition coefficient (Wildman–Crippen LogP) is 2.45. The second kappa shape index (κ2) is 6.07. The van der Waals surface area contributed by atoms with Gasteiger partial charge in [0, 0.05) is 11.3 Å². The first-order valence-corrected chi connectivity index (χ1v) is 7.08. The van der Waals surface area contributed by atoms with E-state index in [2.05, 4.69) is 11.9 Å². The van der Waals surface area contributed by atoms with Gasteiger partial charge in [-0.2, -0.15) is 0 Å². The van der Waals surface area contributed by atoms with Crippen LogP contribution in [0.25, 0.3) is 0 Å². The van der Waals surface area contributed by atoms with Gasteiger partial charge in [0.05, 0.1) is 17.3 Å². The molecule has 2 rings (SSSR count). The first kappa shape index (κ1) is 13.2. The van der Waals surface area contributed by atoms with E-state index in [1.807, 2.05) is 17.7 Å². The Kier molecular flexibility index (Phi) is 4.44. The molecule has 0 fully saturated rings. The maximum Gasteiger partial charge on any atom is 0.181 e. The molecule has 4 heteroatoms. The summed E-state index contributed by atoms with van der Waals surface area (Å²) in [6, 6.07) is 0. The van der Waals surface area contributed by atoms with Crippen LogP contribution in [0.5, 0.6) is 0 Å². The van der Waals surface area contributed by atoms with Gasteiger partial charge in [-0.1, -0.05) is 19.1 Å². The molecule has 1 atom stereocenters. The highest BCUT2D eigenvalue weighted by Gasteiger charge is 2.13. The number of thiazole rings is 1. The highest BCUT2D eigenvalue weighted by molar-refractivity contribution is 7.09. The molecule has 1 N–H and O–H groups in total. The van der Waals surface area contributed by atoms with Gasteiger partial charge < -0.3 is 5.11 Å². The summed E-state index contributed by atoms with van der Waals surface area (Å²) in [6.45, 7) is 2.09. The fourth-order valence-corrected chi connectivity index (χ4v) is 2.76. The van der Waals surface area contributed by atoms with E-state index in [9.17, 15) is 9.90 Å². The van der Waals surface area contributed by atoms with E-state index in [0.717, 1.165) is 17.7 Å². The molecule has 0 aromatic carbocycles. The summed E-state index contributed by atoms with van der Waals surface area (Å²) >= 11 is 1.63. The van der Waals surface area contributed by atoms with E-state index in [0.29, 0.717) is 19.3 Å². The lowest BCUT2D eigenvalue weighted by molar-refractivity contribution is -0.111. The van der Waals surface area contributed by atoms with Crippen molar-refractivity contribution in [2.45, 2.75) is 38.7 Å². The Morgan fingerprint density at radius 3 is 3.11 bits per heavy atom. The molecule has 1 heterocycles. The molecule has 0 bridgehead atoms. The van der Waals surface area contributed by atoms with Crippen molar-refractivity contribution in [2.75, 3.05) is 0 Å². The number of carbonyl (C=O) groups is 1. The molecule has 0 amide bonds. The number of nitrogens with zero attached hydrogens (tertiary/aromatic N) is 1. The number of aliphatic hydroxyl groups excluding tert-OH is 1. The van der Waals surface area contributed by atoms with E-state index in [4.69, 9.17) is 0 Å². The van der Waals surface area contributed by atoms with Crippen LogP contribution in [0, 0.1) is 0 Å². The quantitative estimate of drug-likeness (QED) is 0.830. The van der Waals surface area contributed by atoms with Gasteiger partial charge in [-0.05, 0) is 30.9 Å². The van der Waals surface area contributed by atoms with Crippen LogP contribution < -0.4 is 0 Å². The minimum Gasteiger partial charge on any atom is -0.392 e. The lowest BCUT2D eigenvalue weighted by Crippen LogP contribution is -2.11. The number of aryl methyl sites for hydroxylation is 1. The second-order valence-corrected chi connectivity index (χ2v) is 5.31. The molecule has 0 saturated carbocycles. The number of allylic oxidation sites excluding steroid dienone is 3. The monoisotopic (exact) mass is 263 g/mol. The van der Waals surface area contributed by atoms with Crippen LogP contribution in [0.4, 0.5) is 0 Å². The molecule has 1 aliphatic carbocycles. The number of hydrogen-bond acceptors (Lipinski definition) is 4. The van der Waals surface area contributed by atoms with Gasteiger partial charge in [-0.15, -0.1) is 11.3 Å². The number of carbonyl (C=O) groups excluding carboxylic acids is 1. The summed E-state index contributed by atoms with van der Waals surface area (Å²) < 4.78 is 0. The minimum atomic E-state index is -0.460. The van der Waals surface area contributed by atoms with Crippen LogP contribution in [0.1, 0.15) is 30.3 Å². The molecule has 0 unspecified atom stereocenters. The number of aromatic nitrogens is 1. The molecule has 0 radical (unpaired) electrons. The van der Waals surface area contributed by atoms with E-state index < -0.39 is 6.10 Å². The minimum absolute atomic E-state index is 0.0742. The first-order chi connectivity index (χ1) is 8.70. The second-order valence-electron chi connectivity index (χ2n) is 4.37. The van der Waals surface area contributed by atoms with Crippen molar-refractivity contribution in [2.24, 2.45) is 0 Å². The van der Waals surface area contributed by atoms with E-state index >= 15 is 0 Å². The van der Waals surface area contributed by atoms with Crippen molar-refractivity contribution in [3.8, 4) is 0 Å². The zero-order valence-electron chi connectivity index (χ0n) is 10.4. The van der Waals surface area contributed by atoms with E-state index in [1.54, 1.807) is 17.4 Å². The number of hydrogen-bond donors (Lipinski definition) is 1. The normalized spacial score (nSPS) is 18.8. The largest absolute Gasteiger partial charge is 0.392 e. The van der Waals surface area contributed by atoms with E-state index in [1.165, 1.54) is 4.88 Å². The topological polar surface area (TPSA) is 50.2 Å². The summed E-state index contributed by atoms with van der Waals surface area (Å²) in [5.74, 6) is 0.0742. The van der Waals surface area contributed by atoms with Crippen LogP contribution in [-0.2, 0) is 17.6 Å². The van der Waals surface area contributed by atoms with Gasteiger partial charge in [0.1, 0.15) is 0 Å². The Balaban J connectivity index is 1.89. The third kappa shape index (κ3) is 3.15. The Bertz CT molecular complexity index is 488. The molecular formula is C14H17NO2S. The molecule has 1 aliphatic rings. The molecule has 18 heavy (non-hydrogen) atoms. The molecular weight excluding hydrogens is 246 g/mol. The van der Waals surface area contributed by atoms with Crippen molar-refractivity contribution in [3.05, 3.63) is 39.9 Å². The summed E-state index contributed by atoms with van der Waals surface area (Å²) in [7, 11) is 0. The first-order valence-electron chi connectivity index (χ1n) is 6.20. The van der Waals surface area contributed by atoms with Crippen LogP contribution in [0.3, 0.4) is 0 Å². The van der Waals surface area contributed by atoms with Crippen molar-refractivity contribution in [3.63, 3.8) is 0 Å². The number of ketones is 1. The lowest BCUT2D eigenvalue weighted by atomic mass is 10.1. The molecule has 96 valence electrons. The number of aliphatic hydroxyl groups is 1. The highest BCUT2D eigenvalue weighted by Crippen LogP contribution is 2.18. The summed E-state index contributed by atoms with van der Waals surface area (Å²) in [4.78, 5) is 16.9. The zero-order valence-corrected chi connectivity index (χ0v) is 11.2. The smallest absolute Gasteiger partial charge is 0.181 e. The SMILES string of the molecule is CCc1scnc1C[C@H](O)C/C=C1\CC=CC1=O. The average molecular weight is 263 g/mol. The molecule has 1 aromatic heterocycles. The van der Waals surface area contributed by atoms with Crippen LogP contribution in [0.2, 0.25) is 0 Å². The molecule has 3 nitrogen and oxygen atoms in total. The Hall–Kier alpha value is -1.26. The summed E-state index contributed by atoms with van der Waals surface area (Å²) in [6.07, 6.45) is 7.58. The van der Waals surface area contributed by atoms with Gasteiger partial charge in [0.15, 0.2) is 5.78 Å². The Labute approximate surface area is 111 Å². The molecule has 0 aliphatic heterocycles. The van der Waals surface area contributed by atoms with Crippen LogP contribution in [-0.4, -0.2) is 22.0 Å². The zero-order chi connectivity index (χ0) is 13.0. The van der Waals surface area contributed by atoms with E-state index in [-0.39, 0.29) is 5.78 Å². The third-order valence-corrected chi connectivity index (χ3v) is 4.05. The predicted molar refractivity (Wildman–Crippen MR) is 72.7 cm³/mol. The van der Waals surface area contributed by atoms with Gasteiger partial charge >= 0.3 is 0 Å².